The van der Waals surface area contributed by atoms with Crippen molar-refractivity contribution in [2.45, 2.75) is 19.9 Å². The van der Waals surface area contributed by atoms with Crippen molar-refractivity contribution in [2.75, 3.05) is 13.1 Å². The highest BCUT2D eigenvalue weighted by atomic mass is 16.2. The quantitative estimate of drug-likeness (QED) is 0.727. The lowest BCUT2D eigenvalue weighted by atomic mass is 10.2. The first-order valence-electron chi connectivity index (χ1n) is 8.18. The van der Waals surface area contributed by atoms with Crippen molar-refractivity contribution in [3.63, 3.8) is 0 Å². The van der Waals surface area contributed by atoms with E-state index in [2.05, 4.69) is 26.9 Å². The molecule has 1 aliphatic heterocycles. The highest BCUT2D eigenvalue weighted by Crippen LogP contribution is 2.11. The van der Waals surface area contributed by atoms with E-state index in [0.717, 1.165) is 11.1 Å². The minimum absolute atomic E-state index is 0.135. The van der Waals surface area contributed by atoms with E-state index in [1.165, 1.54) is 0 Å². The number of carbonyl (C=O) groups is 2. The summed E-state index contributed by atoms with van der Waals surface area (Å²) in [5, 5.41) is 13.6. The first-order chi connectivity index (χ1) is 12.1. The van der Waals surface area contributed by atoms with E-state index in [4.69, 9.17) is 0 Å². The predicted molar refractivity (Wildman–Crippen MR) is 90.5 cm³/mol. The maximum Gasteiger partial charge on any atom is 0.289 e. The molecule has 2 N–H and O–H groups in total. The van der Waals surface area contributed by atoms with Gasteiger partial charge in [0.2, 0.25) is 5.82 Å². The molecular weight excluding hydrogens is 320 g/mol. The first-order valence-corrected chi connectivity index (χ1v) is 8.18. The fraction of sp³-hybridized carbons (Fsp3) is 0.294. The third-order valence-corrected chi connectivity index (χ3v) is 4.28. The second-order valence-corrected chi connectivity index (χ2v) is 6.12. The molecule has 0 radical (unpaired) electrons. The smallest absolute Gasteiger partial charge is 0.289 e. The van der Waals surface area contributed by atoms with Gasteiger partial charge in [0, 0.05) is 44.0 Å². The van der Waals surface area contributed by atoms with Crippen molar-refractivity contribution in [2.24, 2.45) is 0 Å². The van der Waals surface area contributed by atoms with Gasteiger partial charge in [-0.05, 0) is 30.7 Å². The van der Waals surface area contributed by atoms with Crippen LogP contribution in [0.3, 0.4) is 0 Å². The summed E-state index contributed by atoms with van der Waals surface area (Å²) in [7, 11) is 0. The molecular formula is C17H18N6O2. The molecule has 0 atom stereocenters. The normalized spacial score (nSPS) is 13.6. The lowest BCUT2D eigenvalue weighted by molar-refractivity contribution is 0.0917. The Morgan fingerprint density at radius 1 is 1.32 bits per heavy atom. The lowest BCUT2D eigenvalue weighted by Crippen LogP contribution is -2.36. The second-order valence-electron chi connectivity index (χ2n) is 6.12. The summed E-state index contributed by atoms with van der Waals surface area (Å²) >= 11 is 0. The molecule has 2 amide bonds. The summed E-state index contributed by atoms with van der Waals surface area (Å²) in [4.78, 5) is 24.0. The Hall–Kier alpha value is -3.16. The van der Waals surface area contributed by atoms with Crippen molar-refractivity contribution in [1.29, 1.82) is 0 Å². The van der Waals surface area contributed by atoms with Crippen molar-refractivity contribution >= 4 is 17.3 Å². The summed E-state index contributed by atoms with van der Waals surface area (Å²) in [6.07, 6.45) is 4.33. The number of nitrogens with zero attached hydrogens (tertiary/aromatic N) is 4. The zero-order valence-electron chi connectivity index (χ0n) is 13.8. The van der Waals surface area contributed by atoms with Crippen LogP contribution in [0.5, 0.6) is 0 Å². The topological polar surface area (TPSA) is 93.3 Å². The fourth-order valence-corrected chi connectivity index (χ4v) is 3.06. The van der Waals surface area contributed by atoms with Crippen LogP contribution in [0.1, 0.15) is 32.4 Å². The highest BCUT2D eigenvalue weighted by molar-refractivity contribution is 5.94. The largest absolute Gasteiger partial charge is 0.352 e. The molecule has 0 spiro atoms. The van der Waals surface area contributed by atoms with Gasteiger partial charge >= 0.3 is 0 Å². The first kappa shape index (κ1) is 15.4. The minimum atomic E-state index is -0.204. The van der Waals surface area contributed by atoms with Gasteiger partial charge in [-0.25, -0.2) is 0 Å². The van der Waals surface area contributed by atoms with E-state index in [9.17, 15) is 9.59 Å². The predicted octanol–water partition coefficient (Wildman–Crippen LogP) is 0.555. The monoisotopic (exact) mass is 338 g/mol. The van der Waals surface area contributed by atoms with Gasteiger partial charge < -0.3 is 19.6 Å². The summed E-state index contributed by atoms with van der Waals surface area (Å²) in [5.41, 5.74) is 2.81. The molecule has 4 rings (SSSR count). The molecule has 0 saturated heterocycles. The molecule has 0 aliphatic carbocycles. The average Bonchev–Trinajstić information content (AvgIpc) is 3.17. The molecule has 0 bridgehead atoms. The van der Waals surface area contributed by atoms with Crippen LogP contribution in [-0.4, -0.2) is 44.1 Å². The van der Waals surface area contributed by atoms with Crippen LogP contribution >= 0.6 is 0 Å². The van der Waals surface area contributed by atoms with E-state index in [-0.39, 0.29) is 11.8 Å². The number of amides is 2. The summed E-state index contributed by atoms with van der Waals surface area (Å²) in [5.74, 6) is 0.705. The number of rotatable bonds is 4. The molecule has 0 unspecified atom stereocenters. The van der Waals surface area contributed by atoms with Gasteiger partial charge in [-0.1, -0.05) is 0 Å². The molecule has 1 aliphatic rings. The average molecular weight is 338 g/mol. The molecule has 8 nitrogen and oxygen atoms in total. The zero-order chi connectivity index (χ0) is 17.4. The molecule has 0 aromatic carbocycles. The highest BCUT2D eigenvalue weighted by Gasteiger charge is 2.22. The molecule has 8 heteroatoms. The Kier molecular flexibility index (Phi) is 3.72. The molecule has 3 aromatic heterocycles. The molecule has 0 saturated carbocycles. The Balaban J connectivity index is 1.41. The lowest BCUT2D eigenvalue weighted by Gasteiger charge is -2.15. The van der Waals surface area contributed by atoms with Crippen molar-refractivity contribution in [3.05, 3.63) is 53.4 Å². The maximum absolute atomic E-state index is 12.3. The standard InChI is InChI=1S/C17H18N6O2/c1-11-8-13-3-2-12(10-22(13)9-11)16(24)18-5-4-14-20-21-15-17(25)19-6-7-23(14)15/h2-3,8-10H,4-7H2,1H3,(H,18,24)(H,19,25). The molecule has 3 aromatic rings. The number of pyridine rings is 1. The number of nitrogens with one attached hydrogen (secondary N) is 2. The summed E-state index contributed by atoms with van der Waals surface area (Å²) in [6, 6.07) is 5.80. The van der Waals surface area contributed by atoms with Crippen LogP contribution in [0.4, 0.5) is 0 Å². The molecule has 128 valence electrons. The van der Waals surface area contributed by atoms with Crippen molar-refractivity contribution in [3.8, 4) is 0 Å². The Bertz CT molecular complexity index is 971. The summed E-state index contributed by atoms with van der Waals surface area (Å²) in [6.45, 7) is 3.67. The van der Waals surface area contributed by atoms with Gasteiger partial charge in [0.25, 0.3) is 11.8 Å². The SMILES string of the molecule is Cc1cc2ccc(C(=O)NCCc3nnc4n3CCNC4=O)cn2c1. The van der Waals surface area contributed by atoms with Gasteiger partial charge in [0.1, 0.15) is 5.82 Å². The fourth-order valence-electron chi connectivity index (χ4n) is 3.06. The second kappa shape index (κ2) is 6.04. The Labute approximate surface area is 143 Å². The van der Waals surface area contributed by atoms with Crippen molar-refractivity contribution in [1.82, 2.24) is 29.8 Å². The van der Waals surface area contributed by atoms with Gasteiger partial charge in [-0.3, -0.25) is 9.59 Å². The van der Waals surface area contributed by atoms with Gasteiger partial charge in [0.15, 0.2) is 0 Å². The van der Waals surface area contributed by atoms with E-state index in [0.29, 0.717) is 43.3 Å². The van der Waals surface area contributed by atoms with E-state index in [1.54, 1.807) is 4.57 Å². The maximum atomic E-state index is 12.3. The number of hydrogen-bond donors (Lipinski definition) is 2. The number of carbonyl (C=O) groups excluding carboxylic acids is 2. The number of fused-ring (bicyclic) bond motifs is 2. The zero-order valence-corrected chi connectivity index (χ0v) is 13.8. The third kappa shape index (κ3) is 2.86. The van der Waals surface area contributed by atoms with Crippen LogP contribution in [0, 0.1) is 6.92 Å². The number of hydrogen-bond acceptors (Lipinski definition) is 4. The van der Waals surface area contributed by atoms with Crippen molar-refractivity contribution < 1.29 is 9.59 Å². The van der Waals surface area contributed by atoms with Crippen LogP contribution in [0.15, 0.2) is 30.6 Å². The van der Waals surface area contributed by atoms with Crippen LogP contribution in [0.2, 0.25) is 0 Å². The van der Waals surface area contributed by atoms with E-state index < -0.39 is 0 Å². The number of aryl methyl sites for hydroxylation is 1. The molecule has 4 heterocycles. The van der Waals surface area contributed by atoms with Crippen LogP contribution in [-0.2, 0) is 13.0 Å². The van der Waals surface area contributed by atoms with Gasteiger partial charge in [0.05, 0.1) is 5.56 Å². The molecule has 0 fully saturated rings. The Morgan fingerprint density at radius 3 is 3.08 bits per heavy atom. The van der Waals surface area contributed by atoms with E-state index in [1.807, 2.05) is 35.9 Å². The number of aromatic nitrogens is 4. The van der Waals surface area contributed by atoms with Crippen LogP contribution in [0.25, 0.3) is 5.52 Å². The van der Waals surface area contributed by atoms with Gasteiger partial charge in [-0.2, -0.15) is 0 Å². The third-order valence-electron chi connectivity index (χ3n) is 4.28. The Morgan fingerprint density at radius 2 is 2.20 bits per heavy atom. The summed E-state index contributed by atoms with van der Waals surface area (Å²) < 4.78 is 3.75. The van der Waals surface area contributed by atoms with Gasteiger partial charge in [-0.15, -0.1) is 10.2 Å². The van der Waals surface area contributed by atoms with Crippen LogP contribution < -0.4 is 10.6 Å². The van der Waals surface area contributed by atoms with E-state index >= 15 is 0 Å². The molecule has 25 heavy (non-hydrogen) atoms. The minimum Gasteiger partial charge on any atom is -0.352 e.